The van der Waals surface area contributed by atoms with Crippen LogP contribution in [0.15, 0.2) is 40.6 Å². The Morgan fingerprint density at radius 2 is 1.96 bits per heavy atom. The molecule has 0 unspecified atom stereocenters. The molecule has 2 aromatic rings. The summed E-state index contributed by atoms with van der Waals surface area (Å²) in [6.07, 6.45) is -0.700. The van der Waals surface area contributed by atoms with Crippen LogP contribution in [-0.4, -0.2) is 20.4 Å². The maximum Gasteiger partial charge on any atom is 0.261 e. The molecule has 0 radical (unpaired) electrons. The van der Waals surface area contributed by atoms with Gasteiger partial charge in [0.1, 0.15) is 9.96 Å². The van der Waals surface area contributed by atoms with Gasteiger partial charge in [0.2, 0.25) is 10.0 Å². The first-order valence-electron chi connectivity index (χ1n) is 6.57. The van der Waals surface area contributed by atoms with E-state index in [1.165, 1.54) is 6.07 Å². The maximum absolute atomic E-state index is 12.0. The Labute approximate surface area is 143 Å². The third-order valence-corrected chi connectivity index (χ3v) is 5.63. The van der Waals surface area contributed by atoms with Gasteiger partial charge in [-0.25, -0.2) is 13.6 Å². The summed E-state index contributed by atoms with van der Waals surface area (Å²) in [4.78, 5) is 12.7. The number of hydrogen-bond acceptors (Lipinski definition) is 5. The minimum absolute atomic E-state index is 0.0622. The molecule has 0 aliphatic carbocycles. The Hall–Kier alpha value is -1.61. The van der Waals surface area contributed by atoms with E-state index in [0.29, 0.717) is 15.6 Å². The largest absolute Gasteiger partial charge is 0.481 e. The van der Waals surface area contributed by atoms with Crippen molar-refractivity contribution in [3.8, 4) is 5.75 Å². The molecule has 0 fully saturated rings. The Morgan fingerprint density at radius 3 is 2.52 bits per heavy atom. The topological polar surface area (TPSA) is 98.5 Å². The summed E-state index contributed by atoms with van der Waals surface area (Å²) in [7, 11) is -3.71. The van der Waals surface area contributed by atoms with Crippen molar-refractivity contribution in [2.24, 2.45) is 5.14 Å². The summed E-state index contributed by atoms with van der Waals surface area (Å²) >= 11 is 6.79. The Balaban J connectivity index is 1.89. The number of nitrogens with one attached hydrogen (secondary N) is 1. The van der Waals surface area contributed by atoms with Gasteiger partial charge in [0.05, 0.1) is 6.54 Å². The molecule has 9 heteroatoms. The number of rotatable bonds is 6. The van der Waals surface area contributed by atoms with Gasteiger partial charge in [-0.2, -0.15) is 0 Å². The average Bonchev–Trinajstić information content (AvgIpc) is 2.96. The van der Waals surface area contributed by atoms with Crippen LogP contribution in [0.4, 0.5) is 0 Å². The van der Waals surface area contributed by atoms with Gasteiger partial charge >= 0.3 is 0 Å². The van der Waals surface area contributed by atoms with Crippen molar-refractivity contribution in [3.63, 3.8) is 0 Å². The lowest BCUT2D eigenvalue weighted by Gasteiger charge is -2.14. The number of thiophene rings is 1. The molecule has 0 spiro atoms. The number of primary sulfonamides is 1. The van der Waals surface area contributed by atoms with Crippen molar-refractivity contribution in [1.82, 2.24) is 5.32 Å². The summed E-state index contributed by atoms with van der Waals surface area (Å²) in [6, 6.07) is 9.70. The third kappa shape index (κ3) is 5.21. The van der Waals surface area contributed by atoms with Gasteiger partial charge in [-0.15, -0.1) is 11.3 Å². The fraction of sp³-hybridized carbons (Fsp3) is 0.214. The van der Waals surface area contributed by atoms with Gasteiger partial charge in [0.25, 0.3) is 5.91 Å². The summed E-state index contributed by atoms with van der Waals surface area (Å²) in [6.45, 7) is 1.82. The molecular weight excluding hydrogens is 360 g/mol. The highest BCUT2D eigenvalue weighted by Gasteiger charge is 2.16. The normalized spacial score (nSPS) is 12.7. The number of carbonyl (C=O) groups excluding carboxylic acids is 1. The molecule has 124 valence electrons. The standard InChI is InChI=1S/C14H15ClN2O4S2/c1-9(21-11-4-2-10(15)3-5-11)14(18)17-8-12-6-7-13(22-12)23(16,19)20/h2-7,9H,8H2,1H3,(H,17,18)(H2,16,19,20)/t9-/m0/s1. The van der Waals surface area contributed by atoms with Crippen molar-refractivity contribution < 1.29 is 17.9 Å². The monoisotopic (exact) mass is 374 g/mol. The lowest BCUT2D eigenvalue weighted by Crippen LogP contribution is -2.35. The zero-order valence-electron chi connectivity index (χ0n) is 12.2. The SMILES string of the molecule is C[C@H](Oc1ccc(Cl)cc1)C(=O)NCc1ccc(S(N)(=O)=O)s1. The van der Waals surface area contributed by atoms with E-state index in [1.54, 1.807) is 37.3 Å². The molecule has 1 heterocycles. The number of ether oxygens (including phenoxy) is 1. The fourth-order valence-corrected chi connectivity index (χ4v) is 3.54. The van der Waals surface area contributed by atoms with Gasteiger partial charge < -0.3 is 10.1 Å². The molecular formula is C14H15ClN2O4S2. The van der Waals surface area contributed by atoms with Crippen LogP contribution in [0.5, 0.6) is 5.75 Å². The quantitative estimate of drug-likeness (QED) is 0.809. The van der Waals surface area contributed by atoms with Crippen LogP contribution in [0.25, 0.3) is 0 Å². The van der Waals surface area contributed by atoms with Gasteiger partial charge in [-0.05, 0) is 43.3 Å². The van der Waals surface area contributed by atoms with Gasteiger partial charge in [0, 0.05) is 9.90 Å². The summed E-state index contributed by atoms with van der Waals surface area (Å²) in [5.41, 5.74) is 0. The van der Waals surface area contributed by atoms with Gasteiger partial charge in [-0.1, -0.05) is 11.6 Å². The molecule has 2 rings (SSSR count). The van der Waals surface area contributed by atoms with Crippen molar-refractivity contribution >= 4 is 38.9 Å². The minimum atomic E-state index is -3.71. The van der Waals surface area contributed by atoms with Gasteiger partial charge in [0.15, 0.2) is 6.10 Å². The molecule has 3 N–H and O–H groups in total. The number of nitrogens with two attached hydrogens (primary N) is 1. The van der Waals surface area contributed by atoms with E-state index >= 15 is 0 Å². The number of halogens is 1. The molecule has 6 nitrogen and oxygen atoms in total. The number of carbonyl (C=O) groups is 1. The van der Waals surface area contributed by atoms with Gasteiger partial charge in [-0.3, -0.25) is 4.79 Å². The molecule has 0 bridgehead atoms. The van der Waals surface area contributed by atoms with Crippen LogP contribution >= 0.6 is 22.9 Å². The smallest absolute Gasteiger partial charge is 0.261 e. The van der Waals surface area contributed by atoms with Crippen LogP contribution in [-0.2, 0) is 21.4 Å². The van der Waals surface area contributed by atoms with Crippen LogP contribution in [0, 0.1) is 0 Å². The highest BCUT2D eigenvalue weighted by molar-refractivity contribution is 7.91. The Bertz CT molecular complexity index is 787. The van der Waals surface area contributed by atoms with Crippen LogP contribution in [0.3, 0.4) is 0 Å². The minimum Gasteiger partial charge on any atom is -0.481 e. The first-order valence-corrected chi connectivity index (χ1v) is 9.31. The molecule has 23 heavy (non-hydrogen) atoms. The predicted octanol–water partition coefficient (Wildman–Crippen LogP) is 2.13. The first-order chi connectivity index (χ1) is 10.8. The second-order valence-corrected chi connectivity index (χ2v) is 8.09. The highest BCUT2D eigenvalue weighted by atomic mass is 35.5. The maximum atomic E-state index is 12.0. The lowest BCUT2D eigenvalue weighted by atomic mass is 10.3. The highest BCUT2D eigenvalue weighted by Crippen LogP contribution is 2.20. The van der Waals surface area contributed by atoms with E-state index in [-0.39, 0.29) is 16.7 Å². The van der Waals surface area contributed by atoms with Crippen LogP contribution in [0.2, 0.25) is 5.02 Å². The fourth-order valence-electron chi connectivity index (χ4n) is 1.69. The number of amides is 1. The van der Waals surface area contributed by atoms with E-state index in [4.69, 9.17) is 21.5 Å². The first kappa shape index (κ1) is 17.7. The number of benzene rings is 1. The molecule has 1 amide bonds. The number of sulfonamides is 1. The molecule has 1 aromatic heterocycles. The number of hydrogen-bond donors (Lipinski definition) is 2. The lowest BCUT2D eigenvalue weighted by molar-refractivity contribution is -0.127. The second kappa shape index (κ2) is 7.31. The molecule has 1 aromatic carbocycles. The summed E-state index contributed by atoms with van der Waals surface area (Å²) in [5, 5.41) is 8.30. The average molecular weight is 375 g/mol. The summed E-state index contributed by atoms with van der Waals surface area (Å²) < 4.78 is 27.9. The van der Waals surface area contributed by atoms with E-state index in [9.17, 15) is 13.2 Å². The zero-order valence-corrected chi connectivity index (χ0v) is 14.5. The van der Waals surface area contributed by atoms with E-state index in [0.717, 1.165) is 11.3 Å². The molecule has 0 saturated carbocycles. The van der Waals surface area contributed by atoms with Crippen LogP contribution < -0.4 is 15.2 Å². The molecule has 0 saturated heterocycles. The molecule has 1 atom stereocenters. The van der Waals surface area contributed by atoms with Crippen molar-refractivity contribution in [2.75, 3.05) is 0 Å². The third-order valence-electron chi connectivity index (χ3n) is 2.85. The van der Waals surface area contributed by atoms with E-state index in [1.807, 2.05) is 0 Å². The van der Waals surface area contributed by atoms with Crippen molar-refractivity contribution in [1.29, 1.82) is 0 Å². The van der Waals surface area contributed by atoms with Crippen LogP contribution in [0.1, 0.15) is 11.8 Å². The molecule has 0 aliphatic heterocycles. The predicted molar refractivity (Wildman–Crippen MR) is 89.1 cm³/mol. The Morgan fingerprint density at radius 1 is 1.30 bits per heavy atom. The summed E-state index contributed by atoms with van der Waals surface area (Å²) in [5.74, 6) is 0.218. The Kier molecular flexibility index (Phi) is 5.64. The van der Waals surface area contributed by atoms with E-state index < -0.39 is 16.1 Å². The molecule has 0 aliphatic rings. The van der Waals surface area contributed by atoms with E-state index in [2.05, 4.69) is 5.32 Å². The zero-order chi connectivity index (χ0) is 17.0. The van der Waals surface area contributed by atoms with Crippen molar-refractivity contribution in [3.05, 3.63) is 46.3 Å². The van der Waals surface area contributed by atoms with Crippen molar-refractivity contribution in [2.45, 2.75) is 23.8 Å². The second-order valence-electron chi connectivity index (χ2n) is 4.70.